The van der Waals surface area contributed by atoms with Crippen LogP contribution in [-0.2, 0) is 6.54 Å². The number of nitrogens with one attached hydrogen (secondary N) is 1. The van der Waals surface area contributed by atoms with Crippen molar-refractivity contribution in [1.29, 1.82) is 0 Å². The molecular weight excluding hydrogens is 195 g/mol. The van der Waals surface area contributed by atoms with E-state index in [-0.39, 0.29) is 0 Å². The van der Waals surface area contributed by atoms with E-state index in [0.717, 1.165) is 11.3 Å². The van der Waals surface area contributed by atoms with Gasteiger partial charge in [0.15, 0.2) is 0 Å². The standard InChI is InChI=1S/C11H11FN2O/c1-8-3-5-15-10(8)7-14-9-2-4-13-11(12)6-9/h2-6H,7H2,1H3,(H,13,14). The lowest BCUT2D eigenvalue weighted by molar-refractivity contribution is 0.515. The fourth-order valence-electron chi connectivity index (χ4n) is 1.28. The molecule has 0 aromatic carbocycles. The van der Waals surface area contributed by atoms with Crippen LogP contribution in [0.1, 0.15) is 11.3 Å². The number of hydrogen-bond acceptors (Lipinski definition) is 3. The van der Waals surface area contributed by atoms with Gasteiger partial charge in [-0.25, -0.2) is 4.98 Å². The van der Waals surface area contributed by atoms with Crippen LogP contribution in [0.2, 0.25) is 0 Å². The molecular formula is C11H11FN2O. The van der Waals surface area contributed by atoms with Gasteiger partial charge in [0.05, 0.1) is 12.8 Å². The van der Waals surface area contributed by atoms with Crippen LogP contribution in [0.25, 0.3) is 0 Å². The number of rotatable bonds is 3. The molecule has 15 heavy (non-hydrogen) atoms. The lowest BCUT2D eigenvalue weighted by Gasteiger charge is -2.04. The van der Waals surface area contributed by atoms with Crippen LogP contribution < -0.4 is 5.32 Å². The van der Waals surface area contributed by atoms with Gasteiger partial charge in [-0.1, -0.05) is 0 Å². The van der Waals surface area contributed by atoms with E-state index in [4.69, 9.17) is 4.42 Å². The second-order valence-electron chi connectivity index (χ2n) is 3.25. The van der Waals surface area contributed by atoms with E-state index >= 15 is 0 Å². The van der Waals surface area contributed by atoms with Crippen molar-refractivity contribution in [3.8, 4) is 0 Å². The molecule has 1 N–H and O–H groups in total. The fourth-order valence-corrected chi connectivity index (χ4v) is 1.28. The quantitative estimate of drug-likeness (QED) is 0.784. The van der Waals surface area contributed by atoms with Crippen LogP contribution in [0, 0.1) is 12.9 Å². The summed E-state index contributed by atoms with van der Waals surface area (Å²) in [5, 5.41) is 3.05. The van der Waals surface area contributed by atoms with Crippen molar-refractivity contribution in [2.45, 2.75) is 13.5 Å². The largest absolute Gasteiger partial charge is 0.467 e. The van der Waals surface area contributed by atoms with Gasteiger partial charge >= 0.3 is 0 Å². The number of aryl methyl sites for hydroxylation is 1. The van der Waals surface area contributed by atoms with E-state index in [1.165, 1.54) is 12.3 Å². The lowest BCUT2D eigenvalue weighted by Crippen LogP contribution is -2.00. The minimum Gasteiger partial charge on any atom is -0.467 e. The molecule has 0 bridgehead atoms. The molecule has 0 aliphatic carbocycles. The van der Waals surface area contributed by atoms with Gasteiger partial charge in [0.2, 0.25) is 5.95 Å². The van der Waals surface area contributed by atoms with Gasteiger partial charge < -0.3 is 9.73 Å². The Kier molecular flexibility index (Phi) is 2.67. The zero-order valence-electron chi connectivity index (χ0n) is 8.33. The summed E-state index contributed by atoms with van der Waals surface area (Å²) in [6.45, 7) is 2.51. The van der Waals surface area contributed by atoms with Gasteiger partial charge in [-0.3, -0.25) is 0 Å². The Bertz CT molecular complexity index is 453. The predicted octanol–water partition coefficient (Wildman–Crippen LogP) is 2.73. The molecule has 4 heteroatoms. The molecule has 2 aromatic rings. The summed E-state index contributed by atoms with van der Waals surface area (Å²) in [6.07, 6.45) is 3.06. The average Bonchev–Trinajstić information content (AvgIpc) is 2.61. The lowest BCUT2D eigenvalue weighted by atomic mass is 10.3. The molecule has 0 saturated carbocycles. The summed E-state index contributed by atoms with van der Waals surface area (Å²) < 4.78 is 18.0. The number of pyridine rings is 1. The minimum atomic E-state index is -0.490. The SMILES string of the molecule is Cc1ccoc1CNc1ccnc(F)c1. The van der Waals surface area contributed by atoms with Crippen molar-refractivity contribution in [1.82, 2.24) is 4.98 Å². The van der Waals surface area contributed by atoms with Crippen molar-refractivity contribution < 1.29 is 8.81 Å². The number of aromatic nitrogens is 1. The summed E-state index contributed by atoms with van der Waals surface area (Å²) in [5.74, 6) is 0.364. The smallest absolute Gasteiger partial charge is 0.214 e. The first-order valence-corrected chi connectivity index (χ1v) is 4.64. The molecule has 3 nitrogen and oxygen atoms in total. The zero-order valence-corrected chi connectivity index (χ0v) is 8.33. The van der Waals surface area contributed by atoms with Crippen LogP contribution in [-0.4, -0.2) is 4.98 Å². The molecule has 2 heterocycles. The zero-order chi connectivity index (χ0) is 10.7. The molecule has 0 aliphatic rings. The molecule has 2 rings (SSSR count). The Balaban J connectivity index is 2.02. The van der Waals surface area contributed by atoms with Gasteiger partial charge in [-0.05, 0) is 24.6 Å². The maximum atomic E-state index is 12.7. The fraction of sp³-hybridized carbons (Fsp3) is 0.182. The van der Waals surface area contributed by atoms with E-state index in [2.05, 4.69) is 10.3 Å². The molecule has 0 aliphatic heterocycles. The Labute approximate surface area is 86.9 Å². The highest BCUT2D eigenvalue weighted by Gasteiger charge is 2.01. The number of furan rings is 1. The van der Waals surface area contributed by atoms with Crippen molar-refractivity contribution in [3.05, 3.63) is 47.9 Å². The van der Waals surface area contributed by atoms with Gasteiger partial charge in [0.25, 0.3) is 0 Å². The molecule has 78 valence electrons. The molecule has 0 fully saturated rings. The topological polar surface area (TPSA) is 38.1 Å². The highest BCUT2D eigenvalue weighted by atomic mass is 19.1. The van der Waals surface area contributed by atoms with Crippen LogP contribution in [0.4, 0.5) is 10.1 Å². The van der Waals surface area contributed by atoms with Gasteiger partial charge in [0, 0.05) is 18.0 Å². The second kappa shape index (κ2) is 4.13. The number of halogens is 1. The highest BCUT2D eigenvalue weighted by Crippen LogP contribution is 2.12. The molecule has 0 amide bonds. The highest BCUT2D eigenvalue weighted by molar-refractivity contribution is 5.41. The molecule has 0 saturated heterocycles. The summed E-state index contributed by atoms with van der Waals surface area (Å²) >= 11 is 0. The summed E-state index contributed by atoms with van der Waals surface area (Å²) in [4.78, 5) is 3.47. The van der Waals surface area contributed by atoms with Crippen LogP contribution in [0.3, 0.4) is 0 Å². The van der Waals surface area contributed by atoms with Crippen molar-refractivity contribution in [3.63, 3.8) is 0 Å². The average molecular weight is 206 g/mol. The predicted molar refractivity (Wildman–Crippen MR) is 55.0 cm³/mol. The van der Waals surface area contributed by atoms with Crippen LogP contribution in [0.5, 0.6) is 0 Å². The Morgan fingerprint density at radius 3 is 3.00 bits per heavy atom. The number of nitrogens with zero attached hydrogens (tertiary/aromatic N) is 1. The van der Waals surface area contributed by atoms with Gasteiger partial charge in [0.1, 0.15) is 5.76 Å². The summed E-state index contributed by atoms with van der Waals surface area (Å²) in [5.41, 5.74) is 1.77. The van der Waals surface area contributed by atoms with Crippen molar-refractivity contribution in [2.75, 3.05) is 5.32 Å². The van der Waals surface area contributed by atoms with Crippen molar-refractivity contribution >= 4 is 5.69 Å². The Hall–Kier alpha value is -1.84. The third-order valence-corrected chi connectivity index (χ3v) is 2.15. The summed E-state index contributed by atoms with van der Waals surface area (Å²) in [7, 11) is 0. The Morgan fingerprint density at radius 2 is 2.33 bits per heavy atom. The van der Waals surface area contributed by atoms with E-state index < -0.39 is 5.95 Å². The third-order valence-electron chi connectivity index (χ3n) is 2.15. The molecule has 0 unspecified atom stereocenters. The first-order valence-electron chi connectivity index (χ1n) is 4.64. The monoisotopic (exact) mass is 206 g/mol. The molecule has 2 aromatic heterocycles. The normalized spacial score (nSPS) is 10.3. The first kappa shape index (κ1) is 9.71. The summed E-state index contributed by atoms with van der Waals surface area (Å²) in [6, 6.07) is 4.95. The molecule has 0 spiro atoms. The van der Waals surface area contributed by atoms with Crippen molar-refractivity contribution in [2.24, 2.45) is 0 Å². The number of hydrogen-bond donors (Lipinski definition) is 1. The van der Waals surface area contributed by atoms with Gasteiger partial charge in [-0.2, -0.15) is 4.39 Å². The van der Waals surface area contributed by atoms with Crippen LogP contribution in [0.15, 0.2) is 35.1 Å². The second-order valence-corrected chi connectivity index (χ2v) is 3.25. The van der Waals surface area contributed by atoms with E-state index in [1.54, 1.807) is 12.3 Å². The number of anilines is 1. The first-order chi connectivity index (χ1) is 7.25. The van der Waals surface area contributed by atoms with E-state index in [9.17, 15) is 4.39 Å². The molecule has 0 atom stereocenters. The van der Waals surface area contributed by atoms with E-state index in [0.29, 0.717) is 12.2 Å². The third kappa shape index (κ3) is 2.34. The van der Waals surface area contributed by atoms with E-state index in [1.807, 2.05) is 13.0 Å². The minimum absolute atomic E-state index is 0.490. The van der Waals surface area contributed by atoms with Crippen LogP contribution >= 0.6 is 0 Å². The maximum Gasteiger partial charge on any atom is 0.214 e. The molecule has 0 radical (unpaired) electrons. The maximum absolute atomic E-state index is 12.7. The Morgan fingerprint density at radius 1 is 1.47 bits per heavy atom. The van der Waals surface area contributed by atoms with Gasteiger partial charge in [-0.15, -0.1) is 0 Å².